The van der Waals surface area contributed by atoms with Crippen molar-refractivity contribution in [1.29, 1.82) is 0 Å². The van der Waals surface area contributed by atoms with Crippen LogP contribution in [0.5, 0.6) is 0 Å². The highest BCUT2D eigenvalue weighted by Gasteiger charge is 2.21. The summed E-state index contributed by atoms with van der Waals surface area (Å²) in [6.45, 7) is 1.14. The molecule has 6 heteroatoms. The van der Waals surface area contributed by atoms with Crippen molar-refractivity contribution in [3.63, 3.8) is 0 Å². The average molecular weight is 223 g/mol. The lowest BCUT2D eigenvalue weighted by atomic mass is 10.3. The minimum absolute atomic E-state index is 0.0437. The summed E-state index contributed by atoms with van der Waals surface area (Å²) in [6, 6.07) is -0.0610. The number of unbranched alkanes of at least 4 members (excludes halogenated alkanes) is 1. The number of rotatable bonds is 6. The van der Waals surface area contributed by atoms with Crippen LogP contribution in [0.3, 0.4) is 0 Å². The summed E-state index contributed by atoms with van der Waals surface area (Å²) in [6.07, 6.45) is 1.78. The molecule has 1 unspecified atom stereocenters. The van der Waals surface area contributed by atoms with Gasteiger partial charge in [-0.15, -0.1) is 0 Å². The molecule has 1 rings (SSSR count). The molecule has 5 nitrogen and oxygen atoms in total. The molecule has 1 heterocycles. The molecule has 84 valence electrons. The molecular weight excluding hydrogens is 206 g/mol. The van der Waals surface area contributed by atoms with E-state index in [1.165, 1.54) is 0 Å². The zero-order valence-electron chi connectivity index (χ0n) is 8.11. The SMILES string of the molecule is O=S(=O)(CCCCO)NC1CCOC1. The van der Waals surface area contributed by atoms with E-state index in [-0.39, 0.29) is 18.4 Å². The van der Waals surface area contributed by atoms with Crippen molar-refractivity contribution in [3.8, 4) is 0 Å². The first-order valence-corrected chi connectivity index (χ1v) is 6.48. The van der Waals surface area contributed by atoms with E-state index in [1.807, 2.05) is 0 Å². The molecule has 14 heavy (non-hydrogen) atoms. The first kappa shape index (κ1) is 11.9. The van der Waals surface area contributed by atoms with Gasteiger partial charge in [0.1, 0.15) is 0 Å². The summed E-state index contributed by atoms with van der Waals surface area (Å²) >= 11 is 0. The lowest BCUT2D eigenvalue weighted by Crippen LogP contribution is -2.36. The number of hydrogen-bond acceptors (Lipinski definition) is 4. The molecule has 1 atom stereocenters. The van der Waals surface area contributed by atoms with Gasteiger partial charge in [-0.25, -0.2) is 13.1 Å². The monoisotopic (exact) mass is 223 g/mol. The zero-order valence-corrected chi connectivity index (χ0v) is 8.92. The molecular formula is C8H17NO4S. The average Bonchev–Trinajstić information content (AvgIpc) is 2.56. The zero-order chi connectivity index (χ0) is 10.4. The van der Waals surface area contributed by atoms with Crippen molar-refractivity contribution in [2.45, 2.75) is 25.3 Å². The minimum Gasteiger partial charge on any atom is -0.396 e. The van der Waals surface area contributed by atoms with Crippen LogP contribution in [0.4, 0.5) is 0 Å². The van der Waals surface area contributed by atoms with Crippen LogP contribution >= 0.6 is 0 Å². The van der Waals surface area contributed by atoms with Gasteiger partial charge in [-0.2, -0.15) is 0 Å². The Balaban J connectivity index is 2.26. The van der Waals surface area contributed by atoms with Gasteiger partial charge in [-0.1, -0.05) is 0 Å². The summed E-state index contributed by atoms with van der Waals surface area (Å²) in [5, 5.41) is 8.51. The van der Waals surface area contributed by atoms with Crippen LogP contribution < -0.4 is 4.72 Å². The van der Waals surface area contributed by atoms with Crippen LogP contribution in [0, 0.1) is 0 Å². The maximum atomic E-state index is 11.4. The van der Waals surface area contributed by atoms with E-state index in [1.54, 1.807) is 0 Å². The number of sulfonamides is 1. The smallest absolute Gasteiger partial charge is 0.211 e. The second kappa shape index (κ2) is 5.65. The third kappa shape index (κ3) is 4.36. The number of ether oxygens (including phenoxy) is 1. The highest BCUT2D eigenvalue weighted by molar-refractivity contribution is 7.89. The Labute approximate surface area is 84.5 Å². The quantitative estimate of drug-likeness (QED) is 0.593. The first-order chi connectivity index (χ1) is 6.64. The van der Waals surface area contributed by atoms with E-state index in [9.17, 15) is 8.42 Å². The van der Waals surface area contributed by atoms with Gasteiger partial charge in [-0.3, -0.25) is 0 Å². The molecule has 0 aromatic heterocycles. The number of aliphatic hydroxyl groups is 1. The van der Waals surface area contributed by atoms with Gasteiger partial charge in [0.15, 0.2) is 0 Å². The van der Waals surface area contributed by atoms with Crippen molar-refractivity contribution in [3.05, 3.63) is 0 Å². The van der Waals surface area contributed by atoms with Crippen molar-refractivity contribution in [2.24, 2.45) is 0 Å². The van der Waals surface area contributed by atoms with Gasteiger partial charge in [0, 0.05) is 19.3 Å². The molecule has 0 bridgehead atoms. The Kier molecular flexibility index (Phi) is 4.80. The van der Waals surface area contributed by atoms with Crippen LogP contribution in [0.15, 0.2) is 0 Å². The molecule has 1 fully saturated rings. The first-order valence-electron chi connectivity index (χ1n) is 4.82. The van der Waals surface area contributed by atoms with Crippen LogP contribution in [0.2, 0.25) is 0 Å². The van der Waals surface area contributed by atoms with E-state index >= 15 is 0 Å². The fraction of sp³-hybridized carbons (Fsp3) is 1.00. The summed E-state index contributed by atoms with van der Waals surface area (Å²) in [5.41, 5.74) is 0. The second-order valence-electron chi connectivity index (χ2n) is 3.43. The number of aliphatic hydroxyl groups excluding tert-OH is 1. The number of nitrogens with one attached hydrogen (secondary N) is 1. The van der Waals surface area contributed by atoms with Gasteiger partial charge < -0.3 is 9.84 Å². The summed E-state index contributed by atoms with van der Waals surface area (Å²) in [7, 11) is -3.18. The molecule has 1 aliphatic rings. The molecule has 2 N–H and O–H groups in total. The van der Waals surface area contributed by atoms with Crippen molar-refractivity contribution in [1.82, 2.24) is 4.72 Å². The largest absolute Gasteiger partial charge is 0.396 e. The van der Waals surface area contributed by atoms with Crippen molar-refractivity contribution >= 4 is 10.0 Å². The van der Waals surface area contributed by atoms with E-state index in [0.29, 0.717) is 26.1 Å². The lowest BCUT2D eigenvalue weighted by molar-refractivity contribution is 0.192. The Morgan fingerprint density at radius 2 is 2.21 bits per heavy atom. The molecule has 0 aliphatic carbocycles. The molecule has 0 amide bonds. The second-order valence-corrected chi connectivity index (χ2v) is 5.30. The fourth-order valence-electron chi connectivity index (χ4n) is 1.34. The highest BCUT2D eigenvalue weighted by atomic mass is 32.2. The summed E-state index contributed by atoms with van der Waals surface area (Å²) in [4.78, 5) is 0. The van der Waals surface area contributed by atoms with E-state index < -0.39 is 10.0 Å². The van der Waals surface area contributed by atoms with Crippen LogP contribution in [-0.4, -0.2) is 45.1 Å². The standard InChI is InChI=1S/C8H17NO4S/c10-4-1-2-6-14(11,12)9-8-3-5-13-7-8/h8-10H,1-7H2. The van der Waals surface area contributed by atoms with E-state index in [4.69, 9.17) is 9.84 Å². The predicted molar refractivity (Wildman–Crippen MR) is 52.5 cm³/mol. The summed E-state index contributed by atoms with van der Waals surface area (Å²) < 4.78 is 30.5. The van der Waals surface area contributed by atoms with Crippen LogP contribution in [-0.2, 0) is 14.8 Å². The van der Waals surface area contributed by atoms with Crippen molar-refractivity contribution < 1.29 is 18.3 Å². The Morgan fingerprint density at radius 1 is 1.43 bits per heavy atom. The topological polar surface area (TPSA) is 75.6 Å². The third-order valence-electron chi connectivity index (χ3n) is 2.10. The Bertz CT molecular complexity index is 246. The Hall–Kier alpha value is -0.170. The lowest BCUT2D eigenvalue weighted by Gasteiger charge is -2.10. The number of hydrogen-bond donors (Lipinski definition) is 2. The van der Waals surface area contributed by atoms with Gasteiger partial charge in [-0.05, 0) is 19.3 Å². The van der Waals surface area contributed by atoms with Gasteiger partial charge >= 0.3 is 0 Å². The molecule has 0 saturated carbocycles. The Morgan fingerprint density at radius 3 is 2.79 bits per heavy atom. The van der Waals surface area contributed by atoms with Gasteiger partial charge in [0.2, 0.25) is 10.0 Å². The van der Waals surface area contributed by atoms with Gasteiger partial charge in [0.25, 0.3) is 0 Å². The summed E-state index contributed by atoms with van der Waals surface area (Å²) in [5.74, 6) is 0.0874. The van der Waals surface area contributed by atoms with E-state index in [0.717, 1.165) is 6.42 Å². The molecule has 0 aromatic carbocycles. The molecule has 1 aliphatic heterocycles. The van der Waals surface area contributed by atoms with Crippen molar-refractivity contribution in [2.75, 3.05) is 25.6 Å². The van der Waals surface area contributed by atoms with E-state index in [2.05, 4.69) is 4.72 Å². The highest BCUT2D eigenvalue weighted by Crippen LogP contribution is 2.05. The molecule has 0 radical (unpaired) electrons. The van der Waals surface area contributed by atoms with Crippen LogP contribution in [0.1, 0.15) is 19.3 Å². The fourth-order valence-corrected chi connectivity index (χ4v) is 2.74. The predicted octanol–water partition coefficient (Wildman–Crippen LogP) is -0.533. The molecule has 1 saturated heterocycles. The minimum atomic E-state index is -3.18. The maximum absolute atomic E-state index is 11.4. The maximum Gasteiger partial charge on any atom is 0.211 e. The third-order valence-corrected chi connectivity index (χ3v) is 3.62. The molecule has 0 spiro atoms. The molecule has 0 aromatic rings. The normalized spacial score (nSPS) is 22.8. The van der Waals surface area contributed by atoms with Crippen LogP contribution in [0.25, 0.3) is 0 Å². The van der Waals surface area contributed by atoms with Gasteiger partial charge in [0.05, 0.1) is 12.4 Å².